The number of thioether (sulfide) groups is 1. The Labute approximate surface area is 213 Å². The number of nitrogens with zero attached hydrogens (tertiary/aromatic N) is 3. The van der Waals surface area contributed by atoms with Crippen molar-refractivity contribution in [2.24, 2.45) is 4.99 Å². The van der Waals surface area contributed by atoms with E-state index in [4.69, 9.17) is 19.2 Å². The fourth-order valence-electron chi connectivity index (χ4n) is 3.16. The number of esters is 1. The highest BCUT2D eigenvalue weighted by molar-refractivity contribution is 8.18. The van der Waals surface area contributed by atoms with E-state index in [9.17, 15) is 18.3 Å². The van der Waals surface area contributed by atoms with Crippen molar-refractivity contribution in [3.05, 3.63) is 64.2 Å². The van der Waals surface area contributed by atoms with E-state index in [1.807, 2.05) is 6.07 Å². The monoisotopic (exact) mass is 531 g/mol. The van der Waals surface area contributed by atoms with Gasteiger partial charge in [0.2, 0.25) is 10.0 Å². The van der Waals surface area contributed by atoms with Crippen molar-refractivity contribution >= 4 is 44.6 Å². The zero-order valence-electron chi connectivity index (χ0n) is 19.9. The van der Waals surface area contributed by atoms with E-state index in [-0.39, 0.29) is 42.5 Å². The van der Waals surface area contributed by atoms with Gasteiger partial charge in [-0.15, -0.1) is 0 Å². The van der Waals surface area contributed by atoms with E-state index in [1.54, 1.807) is 50.4 Å². The standard InChI is InChI=1S/C24H25N3O7S2/c1-4-33-24(29)21-22(28)20(35-23(21)26-16-6-8-17(32-2)9-7-16)14-18-10-11-19(34-18)15-27(13-5-12-25)36(3,30)31/h6-11,14,28H,4-5,13,15H2,1-3H3/b20-14-,26-23?. The van der Waals surface area contributed by atoms with E-state index >= 15 is 0 Å². The number of rotatable bonds is 10. The van der Waals surface area contributed by atoms with Gasteiger partial charge >= 0.3 is 5.97 Å². The van der Waals surface area contributed by atoms with Crippen molar-refractivity contribution in [1.82, 2.24) is 4.31 Å². The molecule has 2 aromatic rings. The molecular weight excluding hydrogens is 506 g/mol. The first-order valence-corrected chi connectivity index (χ1v) is 13.5. The highest BCUT2D eigenvalue weighted by Crippen LogP contribution is 2.40. The van der Waals surface area contributed by atoms with Gasteiger partial charge in [0.25, 0.3) is 0 Å². The van der Waals surface area contributed by atoms with Crippen LogP contribution < -0.4 is 4.74 Å². The van der Waals surface area contributed by atoms with Gasteiger partial charge in [-0.05, 0) is 49.4 Å². The Hall–Kier alpha value is -3.53. The van der Waals surface area contributed by atoms with E-state index in [0.29, 0.717) is 27.9 Å². The summed E-state index contributed by atoms with van der Waals surface area (Å²) in [5, 5.41) is 19.9. The van der Waals surface area contributed by atoms with Crippen LogP contribution in [-0.4, -0.2) is 55.4 Å². The summed E-state index contributed by atoms with van der Waals surface area (Å²) in [5.74, 6) is 0.337. The lowest BCUT2D eigenvalue weighted by molar-refractivity contribution is -0.138. The summed E-state index contributed by atoms with van der Waals surface area (Å²) in [6, 6.07) is 12.0. The summed E-state index contributed by atoms with van der Waals surface area (Å²) in [7, 11) is -1.99. The topological polar surface area (TPSA) is 142 Å². The molecule has 36 heavy (non-hydrogen) atoms. The summed E-state index contributed by atoms with van der Waals surface area (Å²) in [6.07, 6.45) is 2.64. The molecule has 0 aliphatic carbocycles. The normalized spacial score (nSPS) is 16.1. The molecule has 0 atom stereocenters. The zero-order chi connectivity index (χ0) is 26.3. The van der Waals surface area contributed by atoms with Crippen molar-refractivity contribution in [3.8, 4) is 11.8 Å². The predicted octanol–water partition coefficient (Wildman–Crippen LogP) is 4.16. The molecule has 10 nitrogen and oxygen atoms in total. The molecule has 190 valence electrons. The minimum atomic E-state index is -3.54. The van der Waals surface area contributed by atoms with Gasteiger partial charge < -0.3 is 19.0 Å². The maximum atomic E-state index is 12.6. The highest BCUT2D eigenvalue weighted by atomic mass is 32.2. The first-order valence-electron chi connectivity index (χ1n) is 10.8. The Bertz CT molecular complexity index is 1350. The van der Waals surface area contributed by atoms with Gasteiger partial charge in [-0.2, -0.15) is 9.57 Å². The fourth-order valence-corrected chi connectivity index (χ4v) is 4.96. The molecule has 0 saturated carbocycles. The fraction of sp³-hybridized carbons (Fsp3) is 0.292. The van der Waals surface area contributed by atoms with E-state index in [1.165, 1.54) is 6.08 Å². The molecule has 0 amide bonds. The van der Waals surface area contributed by atoms with Crippen molar-refractivity contribution < 1.29 is 32.2 Å². The van der Waals surface area contributed by atoms with E-state index < -0.39 is 16.0 Å². The molecule has 1 aliphatic rings. The first-order chi connectivity index (χ1) is 17.2. The number of sulfonamides is 1. The molecule has 1 aliphatic heterocycles. The second-order valence-electron chi connectivity index (χ2n) is 7.48. The molecule has 0 saturated heterocycles. The third kappa shape index (κ3) is 6.78. The number of benzene rings is 1. The summed E-state index contributed by atoms with van der Waals surface area (Å²) >= 11 is 1.07. The Morgan fingerprint density at radius 1 is 1.28 bits per heavy atom. The Morgan fingerprint density at radius 2 is 2.00 bits per heavy atom. The van der Waals surface area contributed by atoms with Crippen LogP contribution >= 0.6 is 11.8 Å². The smallest absolute Gasteiger partial charge is 0.344 e. The lowest BCUT2D eigenvalue weighted by Crippen LogP contribution is -2.30. The van der Waals surface area contributed by atoms with Crippen molar-refractivity contribution in [3.63, 3.8) is 0 Å². The quantitative estimate of drug-likeness (QED) is 0.447. The van der Waals surface area contributed by atoms with Crippen LogP contribution in [0.5, 0.6) is 5.75 Å². The molecule has 0 unspecified atom stereocenters. The van der Waals surface area contributed by atoms with Gasteiger partial charge in [0.15, 0.2) is 0 Å². The van der Waals surface area contributed by atoms with Gasteiger partial charge in [-0.3, -0.25) is 0 Å². The molecule has 0 fully saturated rings. The van der Waals surface area contributed by atoms with Gasteiger partial charge in [0.1, 0.15) is 33.6 Å². The molecule has 1 aromatic carbocycles. The second-order valence-corrected chi connectivity index (χ2v) is 10.5. The molecule has 0 bridgehead atoms. The van der Waals surface area contributed by atoms with Crippen LogP contribution in [0, 0.1) is 11.3 Å². The molecule has 3 rings (SSSR count). The lowest BCUT2D eigenvalue weighted by Gasteiger charge is -2.16. The molecular formula is C24H25N3O7S2. The average molecular weight is 532 g/mol. The van der Waals surface area contributed by atoms with Crippen LogP contribution in [0.15, 0.2) is 62.0 Å². The SMILES string of the molecule is CCOC(=O)C1=C(O)/C(=C/c2ccc(CN(CCC#N)S(C)(=O)=O)o2)SC1=Nc1ccc(OC)cc1. The van der Waals surface area contributed by atoms with Crippen LogP contribution in [-0.2, 0) is 26.1 Å². The van der Waals surface area contributed by atoms with Gasteiger partial charge in [-0.25, -0.2) is 18.2 Å². The van der Waals surface area contributed by atoms with Crippen LogP contribution in [0.25, 0.3) is 6.08 Å². The molecule has 0 radical (unpaired) electrons. The molecule has 2 heterocycles. The highest BCUT2D eigenvalue weighted by Gasteiger charge is 2.33. The number of furan rings is 1. The second kappa shape index (κ2) is 11.9. The summed E-state index contributed by atoms with van der Waals surface area (Å²) < 4.78 is 41.1. The number of aliphatic imine (C=N–C) groups is 1. The molecule has 1 N–H and O–H groups in total. The van der Waals surface area contributed by atoms with Crippen molar-refractivity contribution in [2.45, 2.75) is 19.9 Å². The lowest BCUT2D eigenvalue weighted by atomic mass is 10.2. The van der Waals surface area contributed by atoms with E-state index in [0.717, 1.165) is 22.3 Å². The average Bonchev–Trinajstić information content (AvgIpc) is 3.40. The molecule has 1 aromatic heterocycles. The van der Waals surface area contributed by atoms with Gasteiger partial charge in [0.05, 0.1) is 43.2 Å². The van der Waals surface area contributed by atoms with Crippen LogP contribution in [0.2, 0.25) is 0 Å². The third-order valence-corrected chi connectivity index (χ3v) is 7.17. The number of aliphatic hydroxyl groups excluding tert-OH is 1. The maximum Gasteiger partial charge on any atom is 0.344 e. The number of carbonyl (C=O) groups excluding carboxylic acids is 1. The van der Waals surface area contributed by atoms with Crippen molar-refractivity contribution in [2.75, 3.05) is 26.5 Å². The largest absolute Gasteiger partial charge is 0.506 e. The summed E-state index contributed by atoms with van der Waals surface area (Å²) in [4.78, 5) is 17.4. The third-order valence-electron chi connectivity index (χ3n) is 4.90. The van der Waals surface area contributed by atoms with Crippen LogP contribution in [0.4, 0.5) is 5.69 Å². The maximum absolute atomic E-state index is 12.6. The minimum absolute atomic E-state index is 0.0416. The number of methoxy groups -OCH3 is 1. The van der Waals surface area contributed by atoms with Gasteiger partial charge in [0, 0.05) is 13.0 Å². The number of hydrogen-bond acceptors (Lipinski definition) is 10. The van der Waals surface area contributed by atoms with Crippen LogP contribution in [0.1, 0.15) is 24.9 Å². The number of hydrogen-bond donors (Lipinski definition) is 1. The van der Waals surface area contributed by atoms with E-state index in [2.05, 4.69) is 4.99 Å². The van der Waals surface area contributed by atoms with Crippen LogP contribution in [0.3, 0.4) is 0 Å². The molecule has 0 spiro atoms. The number of nitriles is 1. The van der Waals surface area contributed by atoms with Crippen molar-refractivity contribution in [1.29, 1.82) is 5.26 Å². The summed E-state index contributed by atoms with van der Waals surface area (Å²) in [5.41, 5.74) is 0.489. The Kier molecular flexibility index (Phi) is 8.98. The summed E-state index contributed by atoms with van der Waals surface area (Å²) in [6.45, 7) is 1.78. The minimum Gasteiger partial charge on any atom is -0.506 e. The number of ether oxygens (including phenoxy) is 2. The Balaban J connectivity index is 1.90. The Morgan fingerprint density at radius 3 is 2.61 bits per heavy atom. The zero-order valence-corrected chi connectivity index (χ0v) is 21.6. The first kappa shape index (κ1) is 27.1. The number of carbonyl (C=O) groups is 1. The molecule has 12 heteroatoms. The number of aliphatic hydroxyl groups is 1. The van der Waals surface area contributed by atoms with Gasteiger partial charge in [-0.1, -0.05) is 11.8 Å². The predicted molar refractivity (Wildman–Crippen MR) is 136 cm³/mol.